The van der Waals surface area contributed by atoms with Crippen LogP contribution in [0, 0.1) is 15.9 Å². The number of nitrogens with zero attached hydrogens (tertiary/aromatic N) is 1. The second kappa shape index (κ2) is 8.67. The Kier molecular flexibility index (Phi) is 6.31. The van der Waals surface area contributed by atoms with E-state index in [1.807, 2.05) is 0 Å². The largest absolute Gasteiger partial charge is 0.457 e. The molecule has 2 rings (SSSR count). The average molecular weight is 345 g/mol. The minimum atomic E-state index is -0.545. The minimum absolute atomic E-state index is 0.0339. The van der Waals surface area contributed by atoms with Crippen molar-refractivity contribution in [3.8, 4) is 0 Å². The van der Waals surface area contributed by atoms with Crippen molar-refractivity contribution in [2.24, 2.45) is 0 Å². The Bertz CT molecular complexity index is 781. The summed E-state index contributed by atoms with van der Waals surface area (Å²) in [5.41, 5.74) is 3.14. The van der Waals surface area contributed by atoms with Crippen LogP contribution < -0.4 is 0 Å². The lowest BCUT2D eigenvalue weighted by atomic mass is 10.2. The highest BCUT2D eigenvalue weighted by atomic mass is 32.2. The number of rotatable bonds is 6. The second-order valence-electron chi connectivity index (χ2n) is 4.46. The minimum Gasteiger partial charge on any atom is -0.457 e. The summed E-state index contributed by atoms with van der Waals surface area (Å²) >= 11 is 1.33. The number of benzene rings is 2. The highest BCUT2D eigenvalue weighted by molar-refractivity contribution is 8.02. The maximum atomic E-state index is 12.7. The smallest absolute Gasteiger partial charge is 0.338 e. The molecule has 5 nitrogen and oxygen atoms in total. The Hall–Kier alpha value is -2.89. The van der Waals surface area contributed by atoms with Gasteiger partial charge in [-0.05, 0) is 42.5 Å². The highest BCUT2D eigenvalue weighted by Crippen LogP contribution is 2.21. The number of esters is 1. The van der Waals surface area contributed by atoms with Gasteiger partial charge in [-0.2, -0.15) is 0 Å². The van der Waals surface area contributed by atoms with Gasteiger partial charge in [0.15, 0.2) is 0 Å². The van der Waals surface area contributed by atoms with Crippen LogP contribution in [0.3, 0.4) is 0 Å². The molecular formula is C17H12FNO4S. The van der Waals surface area contributed by atoms with Gasteiger partial charge in [-0.15, -0.1) is 5.73 Å². The van der Waals surface area contributed by atoms with Gasteiger partial charge >= 0.3 is 5.97 Å². The molecule has 0 aliphatic rings. The van der Waals surface area contributed by atoms with Crippen LogP contribution >= 0.6 is 11.8 Å². The normalized spacial score (nSPS) is 9.71. The number of nitro groups is 1. The number of carbonyl (C=O) groups is 1. The third-order valence-corrected chi connectivity index (χ3v) is 3.60. The Morgan fingerprint density at radius 1 is 1.21 bits per heavy atom. The van der Waals surface area contributed by atoms with Crippen LogP contribution in [0.2, 0.25) is 0 Å². The number of hydrogen-bond acceptors (Lipinski definition) is 5. The summed E-state index contributed by atoms with van der Waals surface area (Å²) in [4.78, 5) is 22.5. The lowest BCUT2D eigenvalue weighted by Gasteiger charge is -2.00. The van der Waals surface area contributed by atoms with E-state index >= 15 is 0 Å². The van der Waals surface area contributed by atoms with Crippen LogP contribution in [0.4, 0.5) is 10.1 Å². The number of hydrogen-bond donors (Lipinski definition) is 0. The molecule has 0 unspecified atom stereocenters. The van der Waals surface area contributed by atoms with E-state index in [1.165, 1.54) is 54.2 Å². The van der Waals surface area contributed by atoms with Gasteiger partial charge in [-0.25, -0.2) is 9.18 Å². The molecule has 2 aromatic rings. The van der Waals surface area contributed by atoms with Crippen molar-refractivity contribution in [3.63, 3.8) is 0 Å². The molecule has 0 fully saturated rings. The molecule has 24 heavy (non-hydrogen) atoms. The Labute approximate surface area is 141 Å². The number of nitro benzene ring substituents is 1. The SMILES string of the molecule is O=C(OCC=C=CSc1ccc([N+](=O)[O-])cc1)c1ccc(F)cc1. The van der Waals surface area contributed by atoms with Crippen LogP contribution in [0.15, 0.2) is 70.6 Å². The molecule has 122 valence electrons. The van der Waals surface area contributed by atoms with Gasteiger partial charge in [0.05, 0.1) is 10.5 Å². The van der Waals surface area contributed by atoms with E-state index in [1.54, 1.807) is 17.5 Å². The van der Waals surface area contributed by atoms with Gasteiger partial charge in [0.25, 0.3) is 5.69 Å². The molecule has 0 radical (unpaired) electrons. The molecule has 0 spiro atoms. The fraction of sp³-hybridized carbons (Fsp3) is 0.0588. The van der Waals surface area contributed by atoms with Crippen molar-refractivity contribution in [2.45, 2.75) is 4.90 Å². The summed E-state index contributed by atoms with van der Waals surface area (Å²) in [6.45, 7) is 0.0352. The molecule has 2 aromatic carbocycles. The summed E-state index contributed by atoms with van der Waals surface area (Å²) in [6, 6.07) is 11.2. The van der Waals surface area contributed by atoms with E-state index in [-0.39, 0.29) is 17.9 Å². The third-order valence-electron chi connectivity index (χ3n) is 2.81. The quantitative estimate of drug-likeness (QED) is 0.256. The van der Waals surface area contributed by atoms with E-state index in [2.05, 4.69) is 5.73 Å². The second-order valence-corrected chi connectivity index (χ2v) is 5.41. The lowest BCUT2D eigenvalue weighted by Crippen LogP contribution is -2.04. The van der Waals surface area contributed by atoms with Gasteiger partial charge in [0, 0.05) is 22.4 Å². The standard InChI is InChI=1S/C17H12FNO4S/c18-14-5-3-13(4-6-14)17(20)23-11-1-2-12-24-16-9-7-15(8-10-16)19(21)22/h1,3-10,12H,11H2. The van der Waals surface area contributed by atoms with E-state index in [0.29, 0.717) is 0 Å². The topological polar surface area (TPSA) is 69.4 Å². The summed E-state index contributed by atoms with van der Waals surface area (Å²) in [6.07, 6.45) is 1.53. The number of ether oxygens (including phenoxy) is 1. The van der Waals surface area contributed by atoms with Crippen molar-refractivity contribution in [2.75, 3.05) is 6.61 Å². The van der Waals surface area contributed by atoms with Crippen LogP contribution in [0.1, 0.15) is 10.4 Å². The van der Waals surface area contributed by atoms with Crippen LogP contribution in [0.5, 0.6) is 0 Å². The summed E-state index contributed by atoms with van der Waals surface area (Å²) < 4.78 is 17.7. The first-order valence-corrected chi connectivity index (χ1v) is 7.67. The molecule has 0 saturated carbocycles. The maximum Gasteiger partial charge on any atom is 0.338 e. The third kappa shape index (κ3) is 5.39. The first-order chi connectivity index (χ1) is 11.6. The molecule has 0 aliphatic carbocycles. The van der Waals surface area contributed by atoms with Gasteiger partial charge < -0.3 is 4.74 Å². The first kappa shape index (κ1) is 17.5. The summed E-state index contributed by atoms with van der Waals surface area (Å²) in [5, 5.41) is 12.2. The average Bonchev–Trinajstić information content (AvgIpc) is 2.58. The number of non-ortho nitro benzene ring substituents is 1. The molecule has 0 heterocycles. The summed E-state index contributed by atoms with van der Waals surface area (Å²) in [5.74, 6) is -0.964. The number of carbonyl (C=O) groups excluding carboxylic acids is 1. The van der Waals surface area contributed by atoms with Crippen LogP contribution in [0.25, 0.3) is 0 Å². The van der Waals surface area contributed by atoms with E-state index in [0.717, 1.165) is 4.90 Å². The van der Waals surface area contributed by atoms with E-state index in [9.17, 15) is 19.3 Å². The monoisotopic (exact) mass is 345 g/mol. The van der Waals surface area contributed by atoms with Gasteiger partial charge in [0.1, 0.15) is 12.4 Å². The van der Waals surface area contributed by atoms with E-state index in [4.69, 9.17) is 4.74 Å². The fourth-order valence-electron chi connectivity index (χ4n) is 1.63. The molecule has 7 heteroatoms. The maximum absolute atomic E-state index is 12.7. The number of halogens is 1. The van der Waals surface area contributed by atoms with E-state index < -0.39 is 16.7 Å². The molecule has 0 bridgehead atoms. The lowest BCUT2D eigenvalue weighted by molar-refractivity contribution is -0.384. The van der Waals surface area contributed by atoms with Crippen LogP contribution in [-0.2, 0) is 4.74 Å². The molecular weight excluding hydrogens is 333 g/mol. The van der Waals surface area contributed by atoms with Crippen molar-refractivity contribution in [1.82, 2.24) is 0 Å². The zero-order chi connectivity index (χ0) is 17.4. The predicted octanol–water partition coefficient (Wildman–Crippen LogP) is 4.35. The van der Waals surface area contributed by atoms with Gasteiger partial charge in [-0.3, -0.25) is 10.1 Å². The van der Waals surface area contributed by atoms with Gasteiger partial charge in [0.2, 0.25) is 0 Å². The first-order valence-electron chi connectivity index (χ1n) is 6.79. The van der Waals surface area contributed by atoms with Crippen molar-refractivity contribution in [1.29, 1.82) is 0 Å². The summed E-state index contributed by atoms with van der Waals surface area (Å²) in [7, 11) is 0. The van der Waals surface area contributed by atoms with Crippen molar-refractivity contribution >= 4 is 23.4 Å². The molecule has 0 atom stereocenters. The zero-order valence-electron chi connectivity index (χ0n) is 12.3. The Morgan fingerprint density at radius 3 is 2.50 bits per heavy atom. The molecule has 0 amide bonds. The Balaban J connectivity index is 1.79. The molecule has 0 N–H and O–H groups in total. The fourth-order valence-corrected chi connectivity index (χ4v) is 2.22. The predicted molar refractivity (Wildman–Crippen MR) is 88.3 cm³/mol. The molecule has 0 saturated heterocycles. The molecule has 0 aliphatic heterocycles. The number of thioether (sulfide) groups is 1. The Morgan fingerprint density at radius 2 is 1.88 bits per heavy atom. The highest BCUT2D eigenvalue weighted by Gasteiger charge is 2.05. The van der Waals surface area contributed by atoms with Crippen molar-refractivity contribution in [3.05, 3.63) is 87.2 Å². The van der Waals surface area contributed by atoms with Gasteiger partial charge in [-0.1, -0.05) is 11.8 Å². The molecule has 0 aromatic heterocycles. The van der Waals surface area contributed by atoms with Crippen molar-refractivity contribution < 1.29 is 18.8 Å². The van der Waals surface area contributed by atoms with Crippen LogP contribution in [-0.4, -0.2) is 17.5 Å². The zero-order valence-corrected chi connectivity index (χ0v) is 13.2.